The van der Waals surface area contributed by atoms with Gasteiger partial charge in [-0.25, -0.2) is 0 Å². The van der Waals surface area contributed by atoms with Crippen LogP contribution in [0.25, 0.3) is 11.0 Å². The van der Waals surface area contributed by atoms with E-state index in [9.17, 15) is 0 Å². The molecule has 18 heavy (non-hydrogen) atoms. The van der Waals surface area contributed by atoms with Crippen molar-refractivity contribution in [3.63, 3.8) is 0 Å². The van der Waals surface area contributed by atoms with Crippen molar-refractivity contribution < 1.29 is 4.74 Å². The highest BCUT2D eigenvalue weighted by molar-refractivity contribution is 5.74. The number of nitrogens with one attached hydrogen (secondary N) is 1. The van der Waals surface area contributed by atoms with Crippen molar-refractivity contribution in [2.24, 2.45) is 0 Å². The van der Waals surface area contributed by atoms with E-state index in [-0.39, 0.29) is 6.04 Å². The largest absolute Gasteiger partial charge is 0.379 e. The highest BCUT2D eigenvalue weighted by Crippen LogP contribution is 2.17. The Morgan fingerprint density at radius 2 is 2.00 bits per heavy atom. The Balaban J connectivity index is 2.17. The van der Waals surface area contributed by atoms with Gasteiger partial charge in [0.25, 0.3) is 0 Å². The molecule has 0 aliphatic rings. The van der Waals surface area contributed by atoms with Crippen molar-refractivity contribution in [1.29, 1.82) is 0 Å². The summed E-state index contributed by atoms with van der Waals surface area (Å²) in [6.45, 7) is 3.58. The zero-order valence-electron chi connectivity index (χ0n) is 10.9. The molecule has 0 fully saturated rings. The number of ether oxygens (including phenoxy) is 1. The first-order valence-corrected chi connectivity index (χ1v) is 6.31. The second kappa shape index (κ2) is 6.42. The Kier molecular flexibility index (Phi) is 4.61. The van der Waals surface area contributed by atoms with Gasteiger partial charge in [-0.05, 0) is 31.2 Å². The maximum atomic E-state index is 5.60. The van der Waals surface area contributed by atoms with Gasteiger partial charge in [0.1, 0.15) is 0 Å². The van der Waals surface area contributed by atoms with Crippen molar-refractivity contribution in [1.82, 2.24) is 15.3 Å². The molecule has 0 saturated carbocycles. The molecule has 0 bridgehead atoms. The molecule has 2 rings (SSSR count). The van der Waals surface area contributed by atoms with E-state index < -0.39 is 0 Å². The van der Waals surface area contributed by atoms with Crippen LogP contribution in [0.4, 0.5) is 0 Å². The molecule has 0 aliphatic heterocycles. The molecule has 1 aromatic heterocycles. The smallest absolute Gasteiger partial charge is 0.0890 e. The summed E-state index contributed by atoms with van der Waals surface area (Å²) in [6.07, 6.45) is 4.47. The van der Waals surface area contributed by atoms with E-state index in [1.807, 2.05) is 13.1 Å². The topological polar surface area (TPSA) is 47.0 Å². The maximum Gasteiger partial charge on any atom is 0.0890 e. The third-order valence-corrected chi connectivity index (χ3v) is 2.88. The fourth-order valence-electron chi connectivity index (χ4n) is 1.89. The van der Waals surface area contributed by atoms with Gasteiger partial charge < -0.3 is 10.1 Å². The van der Waals surface area contributed by atoms with E-state index in [0.29, 0.717) is 6.61 Å². The lowest BCUT2D eigenvalue weighted by Gasteiger charge is -2.17. The fraction of sp³-hybridized carbons (Fsp3) is 0.429. The first-order chi connectivity index (χ1) is 8.85. The Hall–Kier alpha value is -1.52. The van der Waals surface area contributed by atoms with Crippen LogP contribution in [0, 0.1) is 0 Å². The lowest BCUT2D eigenvalue weighted by molar-refractivity contribution is 0.114. The number of likely N-dealkylation sites (N-methyl/N-ethyl adjacent to an activating group) is 1. The predicted molar refractivity (Wildman–Crippen MR) is 72.4 cm³/mol. The highest BCUT2D eigenvalue weighted by atomic mass is 16.5. The lowest BCUT2D eigenvalue weighted by atomic mass is 10.1. The minimum atomic E-state index is 0.197. The maximum absolute atomic E-state index is 5.60. The SMILES string of the molecule is CCCOCC(NC)c1ccc2nccnc2c1. The van der Waals surface area contributed by atoms with Gasteiger partial charge in [0.15, 0.2) is 0 Å². The first kappa shape index (κ1) is 12.9. The summed E-state index contributed by atoms with van der Waals surface area (Å²) in [7, 11) is 1.95. The minimum absolute atomic E-state index is 0.197. The van der Waals surface area contributed by atoms with Crippen molar-refractivity contribution >= 4 is 11.0 Å². The van der Waals surface area contributed by atoms with Gasteiger partial charge >= 0.3 is 0 Å². The monoisotopic (exact) mass is 245 g/mol. The molecule has 1 heterocycles. The number of hydrogen-bond donors (Lipinski definition) is 1. The van der Waals surface area contributed by atoms with E-state index in [2.05, 4.69) is 34.3 Å². The van der Waals surface area contributed by atoms with Crippen LogP contribution in [0.1, 0.15) is 24.9 Å². The highest BCUT2D eigenvalue weighted by Gasteiger charge is 2.10. The molecular formula is C14H19N3O. The van der Waals surface area contributed by atoms with Crippen LogP contribution in [0.3, 0.4) is 0 Å². The zero-order valence-corrected chi connectivity index (χ0v) is 10.9. The van der Waals surface area contributed by atoms with Gasteiger partial charge in [-0.3, -0.25) is 9.97 Å². The van der Waals surface area contributed by atoms with Crippen LogP contribution < -0.4 is 5.32 Å². The molecule has 2 aromatic rings. The average Bonchev–Trinajstić information content (AvgIpc) is 2.43. The van der Waals surface area contributed by atoms with E-state index in [0.717, 1.165) is 24.1 Å². The minimum Gasteiger partial charge on any atom is -0.379 e. The molecule has 0 radical (unpaired) electrons. The van der Waals surface area contributed by atoms with Crippen molar-refractivity contribution in [2.75, 3.05) is 20.3 Å². The second-order valence-electron chi connectivity index (χ2n) is 4.22. The van der Waals surface area contributed by atoms with Crippen molar-refractivity contribution in [3.8, 4) is 0 Å². The van der Waals surface area contributed by atoms with Crippen molar-refractivity contribution in [3.05, 3.63) is 36.2 Å². The summed E-state index contributed by atoms with van der Waals surface area (Å²) in [5, 5.41) is 3.27. The Bertz CT molecular complexity index is 501. The van der Waals surface area contributed by atoms with Gasteiger partial charge in [0.05, 0.1) is 23.7 Å². The second-order valence-corrected chi connectivity index (χ2v) is 4.22. The third-order valence-electron chi connectivity index (χ3n) is 2.88. The van der Waals surface area contributed by atoms with Gasteiger partial charge in [-0.1, -0.05) is 13.0 Å². The lowest BCUT2D eigenvalue weighted by Crippen LogP contribution is -2.22. The van der Waals surface area contributed by atoms with Gasteiger partial charge in [-0.15, -0.1) is 0 Å². The average molecular weight is 245 g/mol. The van der Waals surface area contributed by atoms with Gasteiger partial charge in [-0.2, -0.15) is 0 Å². The zero-order chi connectivity index (χ0) is 12.8. The van der Waals surface area contributed by atoms with E-state index in [4.69, 9.17) is 4.74 Å². The van der Waals surface area contributed by atoms with Crippen molar-refractivity contribution in [2.45, 2.75) is 19.4 Å². The molecule has 0 saturated heterocycles. The van der Waals surface area contributed by atoms with Crippen LogP contribution in [-0.2, 0) is 4.74 Å². The van der Waals surface area contributed by atoms with Crippen LogP contribution in [0.2, 0.25) is 0 Å². The quantitative estimate of drug-likeness (QED) is 0.793. The number of benzene rings is 1. The molecule has 1 N–H and O–H groups in total. The molecule has 1 unspecified atom stereocenters. The third kappa shape index (κ3) is 3.03. The molecule has 96 valence electrons. The standard InChI is InChI=1S/C14H19N3O/c1-3-8-18-10-14(15-2)11-4-5-12-13(9-11)17-7-6-16-12/h4-7,9,14-15H,3,8,10H2,1-2H3. The fourth-order valence-corrected chi connectivity index (χ4v) is 1.89. The van der Waals surface area contributed by atoms with Crippen LogP contribution in [-0.4, -0.2) is 30.2 Å². The van der Waals surface area contributed by atoms with E-state index >= 15 is 0 Å². The molecule has 0 amide bonds. The Morgan fingerprint density at radius 3 is 2.72 bits per heavy atom. The number of aromatic nitrogens is 2. The van der Waals surface area contributed by atoms with E-state index in [1.54, 1.807) is 12.4 Å². The summed E-state index contributed by atoms with van der Waals surface area (Å²) in [5.74, 6) is 0. The normalized spacial score (nSPS) is 12.8. The van der Waals surface area contributed by atoms with Crippen LogP contribution in [0.15, 0.2) is 30.6 Å². The summed E-state index contributed by atoms with van der Waals surface area (Å²) in [6, 6.07) is 6.34. The van der Waals surface area contributed by atoms with Crippen LogP contribution in [0.5, 0.6) is 0 Å². The summed E-state index contributed by atoms with van der Waals surface area (Å²) >= 11 is 0. The van der Waals surface area contributed by atoms with Gasteiger partial charge in [0, 0.05) is 19.0 Å². The van der Waals surface area contributed by atoms with E-state index in [1.165, 1.54) is 5.56 Å². The number of rotatable bonds is 6. The van der Waals surface area contributed by atoms with Crippen LogP contribution >= 0.6 is 0 Å². The molecular weight excluding hydrogens is 226 g/mol. The molecule has 4 heteroatoms. The Labute approximate surface area is 107 Å². The molecule has 0 spiro atoms. The summed E-state index contributed by atoms with van der Waals surface area (Å²) in [5.41, 5.74) is 3.03. The van der Waals surface area contributed by atoms with Gasteiger partial charge in [0.2, 0.25) is 0 Å². The summed E-state index contributed by atoms with van der Waals surface area (Å²) < 4.78 is 5.60. The Morgan fingerprint density at radius 1 is 1.22 bits per heavy atom. The number of hydrogen-bond acceptors (Lipinski definition) is 4. The number of fused-ring (bicyclic) bond motifs is 1. The predicted octanol–water partition coefficient (Wildman–Crippen LogP) is 2.32. The molecule has 4 nitrogen and oxygen atoms in total. The molecule has 0 aliphatic carbocycles. The first-order valence-electron chi connectivity index (χ1n) is 6.31. The summed E-state index contributed by atoms with van der Waals surface area (Å²) in [4.78, 5) is 8.59. The molecule has 1 aromatic carbocycles. The molecule has 1 atom stereocenters. The number of nitrogens with zero attached hydrogens (tertiary/aromatic N) is 2.